The Bertz CT molecular complexity index is 923. The molecule has 25 heavy (non-hydrogen) atoms. The minimum Gasteiger partial charge on any atom is -0.435 e. The van der Waals surface area contributed by atoms with Crippen molar-refractivity contribution in [2.24, 2.45) is 0 Å². The van der Waals surface area contributed by atoms with Crippen LogP contribution in [-0.4, -0.2) is 18.6 Å². The molecule has 1 atom stereocenters. The van der Waals surface area contributed by atoms with E-state index in [4.69, 9.17) is 4.42 Å². The average Bonchev–Trinajstić information content (AvgIpc) is 3.07. The number of fused-ring (bicyclic) bond motifs is 2. The zero-order valence-electron chi connectivity index (χ0n) is 13.9. The number of anilines is 1. The van der Waals surface area contributed by atoms with Crippen LogP contribution in [-0.2, 0) is 11.3 Å². The third-order valence-corrected chi connectivity index (χ3v) is 5.50. The molecule has 1 aliphatic rings. The first-order valence-corrected chi connectivity index (χ1v) is 9.11. The predicted molar refractivity (Wildman–Crippen MR) is 102 cm³/mol. The monoisotopic (exact) mass is 454 g/mol. The second-order valence-corrected chi connectivity index (χ2v) is 8.19. The third kappa shape index (κ3) is 2.80. The molecule has 3 aromatic rings. The number of hydrogen-bond donors (Lipinski definition) is 0. The first-order chi connectivity index (χ1) is 11.8. The number of para-hydroxylation sites is 2. The van der Waals surface area contributed by atoms with Crippen LogP contribution >= 0.6 is 22.6 Å². The summed E-state index contributed by atoms with van der Waals surface area (Å²) in [5.74, 6) is -3.64. The number of likely N-dealkylation sites (N-methyl/N-ethyl adjacent to an activating group) is 1. The summed E-state index contributed by atoms with van der Waals surface area (Å²) in [4.78, 5) is 6.05. The lowest BCUT2D eigenvalue weighted by molar-refractivity contribution is -0.0543. The van der Waals surface area contributed by atoms with Crippen LogP contribution in [0.15, 0.2) is 46.9 Å². The maximum atomic E-state index is 15.0. The highest BCUT2D eigenvalue weighted by Gasteiger charge is 2.49. The fourth-order valence-corrected chi connectivity index (χ4v) is 4.25. The minimum atomic E-state index is -3.14. The van der Waals surface area contributed by atoms with E-state index in [0.29, 0.717) is 17.6 Å². The van der Waals surface area contributed by atoms with Gasteiger partial charge in [-0.05, 0) is 58.5 Å². The molecular weight excluding hydrogens is 437 g/mol. The molecule has 6 heteroatoms. The first kappa shape index (κ1) is 16.8. The molecule has 0 fully saturated rings. The van der Waals surface area contributed by atoms with Crippen LogP contribution in [0.2, 0.25) is 0 Å². The minimum absolute atomic E-state index is 0.343. The highest BCUT2D eigenvalue weighted by Crippen LogP contribution is 2.48. The van der Waals surface area contributed by atoms with Crippen molar-refractivity contribution >= 4 is 39.4 Å². The molecule has 4 rings (SSSR count). The summed E-state index contributed by atoms with van der Waals surface area (Å²) in [6, 6.07) is 12.9. The molecular formula is C19H17F2IN2O. The Morgan fingerprint density at radius 2 is 2.04 bits per heavy atom. The topological polar surface area (TPSA) is 29.3 Å². The van der Waals surface area contributed by atoms with Gasteiger partial charge in [0, 0.05) is 34.7 Å². The Balaban J connectivity index is 1.72. The Kier molecular flexibility index (Phi) is 3.79. The van der Waals surface area contributed by atoms with Crippen LogP contribution in [0, 0.1) is 3.57 Å². The van der Waals surface area contributed by atoms with Crippen molar-refractivity contribution in [3.05, 3.63) is 57.5 Å². The van der Waals surface area contributed by atoms with Gasteiger partial charge in [-0.15, -0.1) is 0 Å². The van der Waals surface area contributed by atoms with Gasteiger partial charge in [0.25, 0.3) is 5.89 Å². The Hall–Kier alpha value is -1.70. The van der Waals surface area contributed by atoms with E-state index in [1.54, 1.807) is 24.3 Å². The van der Waals surface area contributed by atoms with Gasteiger partial charge in [-0.25, -0.2) is 4.98 Å². The van der Waals surface area contributed by atoms with Gasteiger partial charge in [-0.2, -0.15) is 8.78 Å². The molecule has 2 aromatic carbocycles. The number of rotatable bonds is 3. The van der Waals surface area contributed by atoms with Crippen molar-refractivity contribution in [3.63, 3.8) is 0 Å². The lowest BCUT2D eigenvalue weighted by atomic mass is 9.79. The summed E-state index contributed by atoms with van der Waals surface area (Å²) >= 11 is 2.22. The quantitative estimate of drug-likeness (QED) is 0.502. The normalized spacial score (nSPS) is 20.3. The smallest absolute Gasteiger partial charge is 0.323 e. The van der Waals surface area contributed by atoms with E-state index >= 15 is 8.78 Å². The number of hydrogen-bond acceptors (Lipinski definition) is 3. The van der Waals surface area contributed by atoms with Gasteiger partial charge in [0.1, 0.15) is 5.52 Å². The fourth-order valence-electron chi connectivity index (χ4n) is 3.76. The maximum Gasteiger partial charge on any atom is 0.323 e. The van der Waals surface area contributed by atoms with Gasteiger partial charge in [0.2, 0.25) is 0 Å². The van der Waals surface area contributed by atoms with Crippen molar-refractivity contribution in [1.29, 1.82) is 0 Å². The lowest BCUT2D eigenvalue weighted by Gasteiger charge is -2.28. The molecule has 1 aromatic heterocycles. The van der Waals surface area contributed by atoms with E-state index in [-0.39, 0.29) is 6.42 Å². The van der Waals surface area contributed by atoms with Gasteiger partial charge in [0.15, 0.2) is 5.58 Å². The lowest BCUT2D eigenvalue weighted by Crippen LogP contribution is -2.34. The third-order valence-electron chi connectivity index (χ3n) is 4.83. The molecule has 0 bridgehead atoms. The highest BCUT2D eigenvalue weighted by atomic mass is 127. The Labute approximate surface area is 158 Å². The van der Waals surface area contributed by atoms with Crippen LogP contribution in [0.5, 0.6) is 0 Å². The van der Waals surface area contributed by atoms with Gasteiger partial charge in [-0.3, -0.25) is 0 Å². The van der Waals surface area contributed by atoms with Gasteiger partial charge in [0.05, 0.1) is 0 Å². The van der Waals surface area contributed by atoms with Crippen LogP contribution in [0.4, 0.5) is 14.5 Å². The van der Waals surface area contributed by atoms with Crippen LogP contribution in [0.25, 0.3) is 11.1 Å². The van der Waals surface area contributed by atoms with Crippen molar-refractivity contribution in [1.82, 2.24) is 4.98 Å². The summed E-state index contributed by atoms with van der Waals surface area (Å²) < 4.78 is 36.5. The molecule has 0 aliphatic carbocycles. The molecule has 0 spiro atoms. The standard InChI is InChI=1S/C19H17F2IN2O/c1-18(11-24(2)15-8-7-12(22)9-13(15)18)10-19(20,21)17-23-14-5-3-4-6-16(14)25-17/h3-9H,10-11H2,1-2H3. The van der Waals surface area contributed by atoms with Crippen molar-refractivity contribution in [3.8, 4) is 0 Å². The number of benzene rings is 2. The van der Waals surface area contributed by atoms with Crippen molar-refractivity contribution in [2.75, 3.05) is 18.5 Å². The van der Waals surface area contributed by atoms with Gasteiger partial charge < -0.3 is 9.32 Å². The molecule has 0 saturated carbocycles. The molecule has 0 saturated heterocycles. The summed E-state index contributed by atoms with van der Waals surface area (Å²) in [6.45, 7) is 2.43. The summed E-state index contributed by atoms with van der Waals surface area (Å²) in [6.07, 6.45) is -0.343. The van der Waals surface area contributed by atoms with E-state index in [1.807, 2.05) is 37.1 Å². The summed E-state index contributed by atoms with van der Waals surface area (Å²) in [5.41, 5.74) is 2.14. The van der Waals surface area contributed by atoms with Crippen molar-refractivity contribution < 1.29 is 13.2 Å². The highest BCUT2D eigenvalue weighted by molar-refractivity contribution is 14.1. The maximum absolute atomic E-state index is 15.0. The molecule has 1 unspecified atom stereocenters. The molecule has 2 heterocycles. The van der Waals surface area contributed by atoms with E-state index in [1.165, 1.54) is 0 Å². The molecule has 130 valence electrons. The Morgan fingerprint density at radius 3 is 2.80 bits per heavy atom. The van der Waals surface area contributed by atoms with E-state index in [9.17, 15) is 0 Å². The SMILES string of the molecule is CN1CC(C)(CC(F)(F)c2nc3ccccc3o2)c2cc(I)ccc21. The Morgan fingerprint density at radius 1 is 1.28 bits per heavy atom. The molecule has 0 N–H and O–H groups in total. The van der Waals surface area contributed by atoms with Crippen LogP contribution < -0.4 is 4.90 Å². The number of nitrogens with zero attached hydrogens (tertiary/aromatic N) is 2. The zero-order chi connectivity index (χ0) is 17.8. The average molecular weight is 454 g/mol. The number of alkyl halides is 2. The van der Waals surface area contributed by atoms with Crippen molar-refractivity contribution in [2.45, 2.75) is 24.7 Å². The van der Waals surface area contributed by atoms with Gasteiger partial charge >= 0.3 is 5.92 Å². The summed E-state index contributed by atoms with van der Waals surface area (Å²) in [5, 5.41) is 0. The van der Waals surface area contributed by atoms with E-state index in [0.717, 1.165) is 14.8 Å². The molecule has 0 amide bonds. The molecule has 0 radical (unpaired) electrons. The van der Waals surface area contributed by atoms with Crippen LogP contribution in [0.3, 0.4) is 0 Å². The first-order valence-electron chi connectivity index (χ1n) is 8.04. The van der Waals surface area contributed by atoms with E-state index in [2.05, 4.69) is 27.6 Å². The zero-order valence-corrected chi connectivity index (χ0v) is 16.0. The number of oxazole rings is 1. The second kappa shape index (κ2) is 5.65. The largest absolute Gasteiger partial charge is 0.435 e. The number of halogens is 3. The van der Waals surface area contributed by atoms with Crippen LogP contribution in [0.1, 0.15) is 24.8 Å². The second-order valence-electron chi connectivity index (χ2n) is 6.95. The summed E-state index contributed by atoms with van der Waals surface area (Å²) in [7, 11) is 1.94. The fraction of sp³-hybridized carbons (Fsp3) is 0.316. The van der Waals surface area contributed by atoms with E-state index < -0.39 is 17.2 Å². The molecule has 1 aliphatic heterocycles. The predicted octanol–water partition coefficient (Wildman–Crippen LogP) is 5.32. The van der Waals surface area contributed by atoms with Gasteiger partial charge in [-0.1, -0.05) is 19.1 Å². The number of aromatic nitrogens is 1. The molecule has 3 nitrogen and oxygen atoms in total.